The van der Waals surface area contributed by atoms with Gasteiger partial charge in [-0.3, -0.25) is 14.5 Å². The average molecular weight is 700 g/mol. The number of allylic oxidation sites excluding steroid dienone is 1. The van der Waals surface area contributed by atoms with Crippen molar-refractivity contribution in [1.29, 1.82) is 0 Å². The fourth-order valence-electron chi connectivity index (χ4n) is 8.14. The van der Waals surface area contributed by atoms with E-state index in [4.69, 9.17) is 8.84 Å². The lowest BCUT2D eigenvalue weighted by atomic mass is 9.68. The molecule has 0 unspecified atom stereocenters. The van der Waals surface area contributed by atoms with Crippen molar-refractivity contribution in [3.8, 4) is 0 Å². The van der Waals surface area contributed by atoms with E-state index in [-0.39, 0.29) is 36.7 Å². The van der Waals surface area contributed by atoms with Crippen LogP contribution in [0.4, 0.5) is 0 Å². The van der Waals surface area contributed by atoms with E-state index in [2.05, 4.69) is 45.0 Å². The third-order valence-electron chi connectivity index (χ3n) is 10.5. The minimum absolute atomic E-state index is 0.168. The van der Waals surface area contributed by atoms with Crippen molar-refractivity contribution in [2.24, 2.45) is 17.8 Å². The molecule has 8 nitrogen and oxygen atoms in total. The fraction of sp³-hybridized carbons (Fsp3) is 0.463. The molecule has 1 aliphatic heterocycles. The highest BCUT2D eigenvalue weighted by Gasteiger charge is 2.55. The van der Waals surface area contributed by atoms with Gasteiger partial charge in [0.05, 0.1) is 31.2 Å². The zero-order chi connectivity index (χ0) is 36.1. The number of benzene rings is 2. The van der Waals surface area contributed by atoms with Gasteiger partial charge in [-0.05, 0) is 76.9 Å². The first-order valence-corrected chi connectivity index (χ1v) is 19.9. The maximum Gasteiger partial charge on any atom is 0.261 e. The van der Waals surface area contributed by atoms with Crippen molar-refractivity contribution in [3.05, 3.63) is 101 Å². The Hall–Kier alpha value is -3.60. The van der Waals surface area contributed by atoms with E-state index in [0.29, 0.717) is 49.3 Å². The highest BCUT2D eigenvalue weighted by Crippen LogP contribution is 2.47. The van der Waals surface area contributed by atoms with Crippen LogP contribution in [-0.4, -0.2) is 66.2 Å². The number of likely N-dealkylation sites (tertiary alicyclic amines) is 1. The molecule has 1 fully saturated rings. The highest BCUT2D eigenvalue weighted by atomic mass is 28.4. The van der Waals surface area contributed by atoms with Crippen LogP contribution >= 0.6 is 0 Å². The lowest BCUT2D eigenvalue weighted by molar-refractivity contribution is -0.140. The number of furan rings is 1. The van der Waals surface area contributed by atoms with Gasteiger partial charge in [0.2, 0.25) is 11.8 Å². The van der Waals surface area contributed by atoms with Crippen molar-refractivity contribution in [3.63, 3.8) is 0 Å². The van der Waals surface area contributed by atoms with E-state index in [0.717, 1.165) is 27.9 Å². The van der Waals surface area contributed by atoms with Crippen LogP contribution in [0.1, 0.15) is 78.2 Å². The molecule has 1 aromatic heterocycles. The summed E-state index contributed by atoms with van der Waals surface area (Å²) < 4.78 is 13.0. The van der Waals surface area contributed by atoms with Crippen molar-refractivity contribution < 1.29 is 33.8 Å². The molecule has 9 heteroatoms. The Kier molecular flexibility index (Phi) is 12.2. The molecular formula is C41H53NO7Si. The van der Waals surface area contributed by atoms with E-state index in [9.17, 15) is 24.9 Å². The second-order valence-electron chi connectivity index (χ2n) is 14.6. The summed E-state index contributed by atoms with van der Waals surface area (Å²) in [7, 11) is -2.98. The SMILES string of the molecule is CCCN1C(=O)[C@@H]2[C@@H](CC(CO[Si](c3ccccc3)(c3ccccc3)C(C)(C)C)=C([C@H](O)CC/C(=C/c3ccc(CO)o3)CC)[C@@H]2CO)C1=O. The van der Waals surface area contributed by atoms with Crippen molar-refractivity contribution in [2.45, 2.75) is 84.5 Å². The summed E-state index contributed by atoms with van der Waals surface area (Å²) in [6.07, 6.45) is 3.57. The predicted molar refractivity (Wildman–Crippen MR) is 198 cm³/mol. The van der Waals surface area contributed by atoms with Crippen LogP contribution in [0.15, 0.2) is 93.9 Å². The Labute approximate surface area is 297 Å². The minimum atomic E-state index is -2.98. The maximum absolute atomic E-state index is 13.8. The number of amides is 2. The summed E-state index contributed by atoms with van der Waals surface area (Å²) in [5.74, 6) is -1.37. The molecule has 2 aromatic carbocycles. The number of carbonyl (C=O) groups excluding carboxylic acids is 2. The predicted octanol–water partition coefficient (Wildman–Crippen LogP) is 5.60. The Morgan fingerprint density at radius 3 is 2.14 bits per heavy atom. The lowest BCUT2D eigenvalue weighted by Gasteiger charge is -2.44. The second-order valence-corrected chi connectivity index (χ2v) is 18.9. The summed E-state index contributed by atoms with van der Waals surface area (Å²) >= 11 is 0. The molecule has 0 saturated carbocycles. The van der Waals surface area contributed by atoms with Crippen molar-refractivity contribution >= 4 is 36.6 Å². The largest absolute Gasteiger partial charge is 0.459 e. The van der Waals surface area contributed by atoms with Crippen LogP contribution in [0, 0.1) is 17.8 Å². The van der Waals surface area contributed by atoms with Gasteiger partial charge < -0.3 is 24.2 Å². The maximum atomic E-state index is 13.8. The van der Waals surface area contributed by atoms with Gasteiger partial charge in [-0.15, -0.1) is 0 Å². The Bertz CT molecular complexity index is 1630. The molecule has 2 aliphatic rings. The molecule has 2 amide bonds. The molecule has 2 heterocycles. The Morgan fingerprint density at radius 2 is 1.62 bits per heavy atom. The van der Waals surface area contributed by atoms with Gasteiger partial charge in [0.1, 0.15) is 18.1 Å². The topological polar surface area (TPSA) is 120 Å². The van der Waals surface area contributed by atoms with E-state index < -0.39 is 32.2 Å². The summed E-state index contributed by atoms with van der Waals surface area (Å²) in [6, 6.07) is 24.2. The third kappa shape index (κ3) is 7.39. The molecule has 3 aromatic rings. The summed E-state index contributed by atoms with van der Waals surface area (Å²) in [5.41, 5.74) is 2.48. The number of imide groups is 1. The van der Waals surface area contributed by atoms with E-state index in [1.807, 2.05) is 62.4 Å². The van der Waals surface area contributed by atoms with Crippen LogP contribution in [0.25, 0.3) is 6.08 Å². The number of hydrogen-bond donors (Lipinski definition) is 3. The summed E-state index contributed by atoms with van der Waals surface area (Å²) in [6.45, 7) is 10.6. The molecule has 0 bridgehead atoms. The number of rotatable bonds is 15. The quantitative estimate of drug-likeness (QED) is 0.107. The molecular weight excluding hydrogens is 647 g/mol. The van der Waals surface area contributed by atoms with Gasteiger partial charge in [-0.2, -0.15) is 0 Å². The molecule has 3 N–H and O–H groups in total. The van der Waals surface area contributed by atoms with E-state index in [1.165, 1.54) is 4.90 Å². The minimum Gasteiger partial charge on any atom is -0.459 e. The first-order chi connectivity index (χ1) is 24.0. The molecule has 5 rings (SSSR count). The van der Waals surface area contributed by atoms with E-state index >= 15 is 0 Å². The van der Waals surface area contributed by atoms with Gasteiger partial charge in [-0.1, -0.05) is 101 Å². The van der Waals surface area contributed by atoms with Crippen LogP contribution in [-0.2, 0) is 20.6 Å². The number of aliphatic hydroxyl groups is 3. The summed E-state index contributed by atoms with van der Waals surface area (Å²) in [5, 5.41) is 34.4. The summed E-state index contributed by atoms with van der Waals surface area (Å²) in [4.78, 5) is 28.9. The van der Waals surface area contributed by atoms with Crippen molar-refractivity contribution in [1.82, 2.24) is 4.90 Å². The lowest BCUT2D eigenvalue weighted by Crippen LogP contribution is -2.66. The Morgan fingerprint density at radius 1 is 0.980 bits per heavy atom. The van der Waals surface area contributed by atoms with Gasteiger partial charge >= 0.3 is 0 Å². The normalized spacial score (nSPS) is 20.8. The molecule has 268 valence electrons. The second kappa shape index (κ2) is 16.2. The number of carbonyl (C=O) groups is 2. The van der Waals surface area contributed by atoms with Crippen LogP contribution < -0.4 is 10.4 Å². The van der Waals surface area contributed by atoms with Crippen LogP contribution in [0.5, 0.6) is 0 Å². The zero-order valence-electron chi connectivity index (χ0n) is 30.1. The highest BCUT2D eigenvalue weighted by molar-refractivity contribution is 6.99. The van der Waals surface area contributed by atoms with Crippen LogP contribution in [0.3, 0.4) is 0 Å². The monoisotopic (exact) mass is 699 g/mol. The number of nitrogens with zero attached hydrogens (tertiary/aromatic N) is 1. The number of fused-ring (bicyclic) bond motifs is 1. The molecule has 4 atom stereocenters. The van der Waals surface area contributed by atoms with Gasteiger partial charge in [0.15, 0.2) is 0 Å². The number of hydrogen-bond acceptors (Lipinski definition) is 7. The van der Waals surface area contributed by atoms with Gasteiger partial charge in [0, 0.05) is 12.5 Å². The molecule has 0 radical (unpaired) electrons. The molecule has 1 saturated heterocycles. The molecule has 0 spiro atoms. The standard InChI is InChI=1S/C41H53NO7Si/c1-6-22-42-39(46)34-24-29(27-48-50(41(3,4)5,32-14-10-8-11-15-32)33-16-12-9-13-17-33)37(35(26-44)38(34)40(42)47)36(45)21-18-28(7-2)23-30-19-20-31(25-43)49-30/h8-17,19-20,23,34-36,38,43-45H,6-7,18,21-22,24-27H2,1-5H3/b28-23+/t34-,35+,36-,38-/m1/s1. The van der Waals surface area contributed by atoms with Crippen LogP contribution in [0.2, 0.25) is 5.04 Å². The molecule has 1 aliphatic carbocycles. The van der Waals surface area contributed by atoms with E-state index in [1.54, 1.807) is 6.07 Å². The average Bonchev–Trinajstić information content (AvgIpc) is 3.67. The first kappa shape index (κ1) is 37.6. The zero-order valence-corrected chi connectivity index (χ0v) is 31.1. The fourth-order valence-corrected chi connectivity index (χ4v) is 12.7. The van der Waals surface area contributed by atoms with Gasteiger partial charge in [-0.25, -0.2) is 0 Å². The smallest absolute Gasteiger partial charge is 0.261 e. The van der Waals surface area contributed by atoms with Gasteiger partial charge in [0.25, 0.3) is 8.32 Å². The first-order valence-electron chi connectivity index (χ1n) is 18.0. The Balaban J connectivity index is 1.56. The van der Waals surface area contributed by atoms with Crippen molar-refractivity contribution in [2.75, 3.05) is 19.8 Å². The number of aliphatic hydroxyl groups excluding tert-OH is 3. The molecule has 50 heavy (non-hydrogen) atoms. The third-order valence-corrected chi connectivity index (χ3v) is 15.5.